The lowest BCUT2D eigenvalue weighted by atomic mass is 10.2. The van der Waals surface area contributed by atoms with Crippen LogP contribution in [0, 0.1) is 0 Å². The molecule has 1 unspecified atom stereocenters. The van der Waals surface area contributed by atoms with Crippen molar-refractivity contribution in [1.29, 1.82) is 0 Å². The topological polar surface area (TPSA) is 68.2 Å². The number of aliphatic hydroxyl groups is 2. The van der Waals surface area contributed by atoms with Gasteiger partial charge in [-0.25, -0.2) is 0 Å². The Kier molecular flexibility index (Phi) is 8.45. The molecule has 1 atom stereocenters. The molecule has 0 aliphatic carbocycles. The average molecular weight is 332 g/mol. The molecule has 2 N–H and O–H groups in total. The van der Waals surface area contributed by atoms with Crippen molar-refractivity contribution in [3.05, 3.63) is 71.8 Å². The molecule has 0 heterocycles. The van der Waals surface area contributed by atoms with Gasteiger partial charge in [0.25, 0.3) is 6.48 Å². The Morgan fingerprint density at radius 1 is 0.750 bits per heavy atom. The van der Waals surface area contributed by atoms with Crippen LogP contribution in [0.4, 0.5) is 0 Å². The van der Waals surface area contributed by atoms with E-state index in [2.05, 4.69) is 0 Å². The van der Waals surface area contributed by atoms with Gasteiger partial charge in [-0.15, -0.1) is 0 Å². The monoisotopic (exact) mass is 332 g/mol. The lowest BCUT2D eigenvalue weighted by Gasteiger charge is -2.19. The van der Waals surface area contributed by atoms with Crippen LogP contribution in [0.25, 0.3) is 0 Å². The minimum atomic E-state index is -1.82. The molecule has 5 nitrogen and oxygen atoms in total. The zero-order valence-corrected chi connectivity index (χ0v) is 13.6. The SMILES string of the molecule is OC(O)OC(CCOCc1ccccc1)COCc1ccccc1. The Morgan fingerprint density at radius 3 is 1.83 bits per heavy atom. The van der Waals surface area contributed by atoms with E-state index in [4.69, 9.17) is 24.4 Å². The van der Waals surface area contributed by atoms with Crippen LogP contribution in [0.15, 0.2) is 60.7 Å². The zero-order chi connectivity index (χ0) is 17.0. The van der Waals surface area contributed by atoms with Gasteiger partial charge in [0, 0.05) is 6.61 Å². The Balaban J connectivity index is 1.67. The Hall–Kier alpha value is -1.76. The van der Waals surface area contributed by atoms with Crippen LogP contribution in [0.2, 0.25) is 0 Å². The summed E-state index contributed by atoms with van der Waals surface area (Å²) in [6.45, 7) is -0.139. The number of benzene rings is 2. The third-order valence-corrected chi connectivity index (χ3v) is 3.43. The molecule has 0 amide bonds. The number of hydrogen-bond acceptors (Lipinski definition) is 5. The van der Waals surface area contributed by atoms with Crippen molar-refractivity contribution < 1.29 is 24.4 Å². The molecule has 5 heteroatoms. The first-order valence-electron chi connectivity index (χ1n) is 7.99. The van der Waals surface area contributed by atoms with E-state index in [0.717, 1.165) is 11.1 Å². The molecule has 2 rings (SSSR count). The summed E-state index contributed by atoms with van der Waals surface area (Å²) < 4.78 is 16.2. The maximum atomic E-state index is 9.01. The van der Waals surface area contributed by atoms with Crippen LogP contribution in [-0.2, 0) is 27.4 Å². The fourth-order valence-corrected chi connectivity index (χ4v) is 2.22. The van der Waals surface area contributed by atoms with Crippen LogP contribution in [-0.4, -0.2) is 36.0 Å². The fraction of sp³-hybridized carbons (Fsp3) is 0.368. The Labute approximate surface area is 142 Å². The van der Waals surface area contributed by atoms with E-state index in [-0.39, 0.29) is 6.61 Å². The first-order chi connectivity index (χ1) is 11.7. The van der Waals surface area contributed by atoms with E-state index in [1.165, 1.54) is 0 Å². The predicted octanol–water partition coefficient (Wildman–Crippen LogP) is 2.46. The van der Waals surface area contributed by atoms with Crippen molar-refractivity contribution in [2.75, 3.05) is 13.2 Å². The van der Waals surface area contributed by atoms with Crippen LogP contribution in [0.5, 0.6) is 0 Å². The molecule has 0 bridgehead atoms. The standard InChI is InChI=1S/C19H24O5/c20-19(21)24-18(15-23-14-17-9-5-2-6-10-17)11-12-22-13-16-7-3-1-4-8-16/h1-10,18-21H,11-15H2. The predicted molar refractivity (Wildman–Crippen MR) is 89.9 cm³/mol. The summed E-state index contributed by atoms with van der Waals surface area (Å²) in [5.41, 5.74) is 2.15. The van der Waals surface area contributed by atoms with Gasteiger partial charge in [0.1, 0.15) is 0 Å². The van der Waals surface area contributed by atoms with Gasteiger partial charge in [0.05, 0.1) is 25.9 Å². The molecule has 130 valence electrons. The number of aliphatic hydroxyl groups excluding tert-OH is 1. The van der Waals surface area contributed by atoms with Crippen LogP contribution < -0.4 is 0 Å². The quantitative estimate of drug-likeness (QED) is 0.489. The minimum absolute atomic E-state index is 0.265. The van der Waals surface area contributed by atoms with Gasteiger partial charge in [0.15, 0.2) is 0 Å². The molecule has 0 spiro atoms. The van der Waals surface area contributed by atoms with Gasteiger partial charge in [-0.1, -0.05) is 60.7 Å². The van der Waals surface area contributed by atoms with Crippen molar-refractivity contribution in [3.8, 4) is 0 Å². The minimum Gasteiger partial charge on any atom is -0.377 e. The Bertz CT molecular complexity index is 544. The van der Waals surface area contributed by atoms with E-state index in [1.807, 2.05) is 60.7 Å². The highest BCUT2D eigenvalue weighted by Gasteiger charge is 2.13. The maximum absolute atomic E-state index is 9.01. The number of hydrogen-bond donors (Lipinski definition) is 2. The van der Waals surface area contributed by atoms with Crippen LogP contribution in [0.1, 0.15) is 17.5 Å². The van der Waals surface area contributed by atoms with E-state index >= 15 is 0 Å². The lowest BCUT2D eigenvalue weighted by Crippen LogP contribution is -2.27. The van der Waals surface area contributed by atoms with Gasteiger partial charge < -0.3 is 24.4 Å². The summed E-state index contributed by atoms with van der Waals surface area (Å²) in [6.07, 6.45) is 0.0728. The van der Waals surface area contributed by atoms with Gasteiger partial charge >= 0.3 is 0 Å². The van der Waals surface area contributed by atoms with Gasteiger partial charge in [-0.2, -0.15) is 0 Å². The summed E-state index contributed by atoms with van der Waals surface area (Å²) >= 11 is 0. The van der Waals surface area contributed by atoms with Crippen molar-refractivity contribution in [2.24, 2.45) is 0 Å². The zero-order valence-electron chi connectivity index (χ0n) is 13.6. The molecule has 0 saturated heterocycles. The highest BCUT2D eigenvalue weighted by Crippen LogP contribution is 2.07. The largest absolute Gasteiger partial charge is 0.377 e. The molecule has 24 heavy (non-hydrogen) atoms. The Morgan fingerprint density at radius 2 is 1.29 bits per heavy atom. The van der Waals surface area contributed by atoms with Gasteiger partial charge in [-0.3, -0.25) is 0 Å². The summed E-state index contributed by atoms with van der Waals surface area (Å²) in [5, 5.41) is 18.0. The molecule has 0 aliphatic rings. The third kappa shape index (κ3) is 7.68. The van der Waals surface area contributed by atoms with E-state index in [0.29, 0.717) is 26.2 Å². The van der Waals surface area contributed by atoms with Crippen molar-refractivity contribution >= 4 is 0 Å². The molecular formula is C19H24O5. The number of rotatable bonds is 11. The van der Waals surface area contributed by atoms with Gasteiger partial charge in [-0.05, 0) is 17.5 Å². The molecule has 2 aromatic rings. The van der Waals surface area contributed by atoms with Crippen molar-refractivity contribution in [3.63, 3.8) is 0 Å². The van der Waals surface area contributed by atoms with E-state index in [9.17, 15) is 0 Å². The van der Waals surface area contributed by atoms with Gasteiger partial charge in [0.2, 0.25) is 0 Å². The molecule has 0 aromatic heterocycles. The molecule has 0 aliphatic heterocycles. The average Bonchev–Trinajstić information content (AvgIpc) is 2.60. The van der Waals surface area contributed by atoms with E-state index in [1.54, 1.807) is 0 Å². The summed E-state index contributed by atoms with van der Waals surface area (Å²) in [4.78, 5) is 0. The molecule has 2 aromatic carbocycles. The summed E-state index contributed by atoms with van der Waals surface area (Å²) in [6, 6.07) is 19.7. The smallest absolute Gasteiger partial charge is 0.266 e. The summed E-state index contributed by atoms with van der Waals surface area (Å²) in [5.74, 6) is 0. The highest BCUT2D eigenvalue weighted by molar-refractivity contribution is 5.14. The maximum Gasteiger partial charge on any atom is 0.266 e. The van der Waals surface area contributed by atoms with Crippen LogP contribution >= 0.6 is 0 Å². The van der Waals surface area contributed by atoms with Crippen molar-refractivity contribution in [2.45, 2.75) is 32.2 Å². The van der Waals surface area contributed by atoms with Crippen molar-refractivity contribution in [1.82, 2.24) is 0 Å². The first-order valence-corrected chi connectivity index (χ1v) is 7.99. The second kappa shape index (κ2) is 10.9. The van der Waals surface area contributed by atoms with E-state index < -0.39 is 12.6 Å². The number of ether oxygens (including phenoxy) is 3. The highest BCUT2D eigenvalue weighted by atomic mass is 16.7. The fourth-order valence-electron chi connectivity index (χ4n) is 2.22. The molecular weight excluding hydrogens is 308 g/mol. The second-order valence-corrected chi connectivity index (χ2v) is 5.41. The normalized spacial score (nSPS) is 12.5. The lowest BCUT2D eigenvalue weighted by molar-refractivity contribution is -0.264. The second-order valence-electron chi connectivity index (χ2n) is 5.41. The summed E-state index contributed by atoms with van der Waals surface area (Å²) in [7, 11) is 0. The first kappa shape index (κ1) is 18.6. The van der Waals surface area contributed by atoms with Crippen LogP contribution in [0.3, 0.4) is 0 Å². The molecule has 0 fully saturated rings. The third-order valence-electron chi connectivity index (χ3n) is 3.43. The molecule has 0 saturated carbocycles. The molecule has 0 radical (unpaired) electrons.